The largest absolute Gasteiger partial charge is 0.457 e. The summed E-state index contributed by atoms with van der Waals surface area (Å²) in [5.74, 6) is 1.60. The normalized spacial score (nSPS) is 20.7. The molecule has 8 heteroatoms. The molecular weight excluding hydrogens is 675 g/mol. The number of rotatable bonds is 11. The van der Waals surface area contributed by atoms with Crippen LogP contribution in [0.4, 0.5) is 10.5 Å². The summed E-state index contributed by atoms with van der Waals surface area (Å²) in [5, 5.41) is 15.6. The van der Waals surface area contributed by atoms with E-state index in [0.717, 1.165) is 58.8 Å². The number of likely N-dealkylation sites (tertiary alicyclic amines) is 1. The Morgan fingerprint density at radius 3 is 2.11 bits per heavy atom. The van der Waals surface area contributed by atoms with E-state index in [0.29, 0.717) is 18.0 Å². The number of para-hydroxylation sites is 1. The number of ether oxygens (including phenoxy) is 3. The second-order valence-corrected chi connectivity index (χ2v) is 14.4. The molecule has 2 fully saturated rings. The van der Waals surface area contributed by atoms with Crippen LogP contribution in [0.1, 0.15) is 73.7 Å². The molecule has 3 N–H and O–H groups in total. The van der Waals surface area contributed by atoms with Gasteiger partial charge in [0.25, 0.3) is 0 Å². The Labute approximate surface area is 319 Å². The fourth-order valence-electron chi connectivity index (χ4n) is 7.44. The number of urea groups is 1. The van der Waals surface area contributed by atoms with Crippen LogP contribution in [0.3, 0.4) is 0 Å². The van der Waals surface area contributed by atoms with Gasteiger partial charge in [0.15, 0.2) is 6.29 Å². The molecule has 280 valence electrons. The van der Waals surface area contributed by atoms with Gasteiger partial charge in [-0.15, -0.1) is 0 Å². The first kappa shape index (κ1) is 37.3. The van der Waals surface area contributed by atoms with Gasteiger partial charge in [-0.1, -0.05) is 117 Å². The first-order chi connectivity index (χ1) is 26.5. The number of aliphatic hydroxyl groups is 1. The predicted octanol–water partition coefficient (Wildman–Crippen LogP) is 10.0. The van der Waals surface area contributed by atoms with Gasteiger partial charge in [-0.05, 0) is 90.1 Å². The standard InChI is InChI=1S/C46H51N3O5/c1-33-43(31-49-28-10-3-2-4-11-29-49)53-45(54-44(33)36-18-16-34(32-50)17-19-36)37-22-20-35(21-23-37)42-15-9-8-12-38(42)30-47-46(51)48-39-24-26-41(27-25-39)52-40-13-6-5-7-14-40/h5-9,12-27,33,43-45,50H,2-4,10-11,28-32H2,1H3,(H2,47,48,51). The van der Waals surface area contributed by atoms with Crippen LogP contribution in [0.2, 0.25) is 0 Å². The number of benzene rings is 5. The zero-order valence-corrected chi connectivity index (χ0v) is 31.0. The summed E-state index contributed by atoms with van der Waals surface area (Å²) in [5.41, 5.74) is 6.72. The van der Waals surface area contributed by atoms with E-state index in [1.807, 2.05) is 84.9 Å². The number of anilines is 1. The summed E-state index contributed by atoms with van der Waals surface area (Å²) in [6, 6.07) is 41.2. The van der Waals surface area contributed by atoms with E-state index in [9.17, 15) is 9.90 Å². The first-order valence-corrected chi connectivity index (χ1v) is 19.3. The minimum atomic E-state index is -0.517. The number of carbonyl (C=O) groups excluding carboxylic acids is 1. The maximum absolute atomic E-state index is 12.9. The molecular formula is C46H51N3O5. The topological polar surface area (TPSA) is 92.3 Å². The average Bonchev–Trinajstić information content (AvgIpc) is 3.20. The van der Waals surface area contributed by atoms with Crippen molar-refractivity contribution in [3.63, 3.8) is 0 Å². The van der Waals surface area contributed by atoms with E-state index >= 15 is 0 Å². The van der Waals surface area contributed by atoms with Gasteiger partial charge in [-0.3, -0.25) is 0 Å². The van der Waals surface area contributed by atoms with Gasteiger partial charge in [-0.2, -0.15) is 0 Å². The van der Waals surface area contributed by atoms with Crippen LogP contribution in [0.25, 0.3) is 11.1 Å². The van der Waals surface area contributed by atoms with Crippen LogP contribution in [0.15, 0.2) is 127 Å². The highest BCUT2D eigenvalue weighted by molar-refractivity contribution is 5.89. The van der Waals surface area contributed by atoms with Crippen LogP contribution in [0, 0.1) is 5.92 Å². The molecule has 0 aliphatic carbocycles. The summed E-state index contributed by atoms with van der Waals surface area (Å²) >= 11 is 0. The van der Waals surface area contributed by atoms with Gasteiger partial charge < -0.3 is 34.9 Å². The molecule has 0 bridgehead atoms. The van der Waals surface area contributed by atoms with Crippen molar-refractivity contribution >= 4 is 11.7 Å². The van der Waals surface area contributed by atoms with Gasteiger partial charge in [0.1, 0.15) is 11.5 Å². The lowest BCUT2D eigenvalue weighted by Crippen LogP contribution is -2.45. The third-order valence-corrected chi connectivity index (χ3v) is 10.6. The van der Waals surface area contributed by atoms with E-state index < -0.39 is 6.29 Å². The third-order valence-electron chi connectivity index (χ3n) is 10.6. The molecule has 7 rings (SSSR count). The molecule has 2 heterocycles. The van der Waals surface area contributed by atoms with Crippen molar-refractivity contribution in [3.05, 3.63) is 150 Å². The summed E-state index contributed by atoms with van der Waals surface area (Å²) < 4.78 is 19.4. The van der Waals surface area contributed by atoms with Gasteiger partial charge in [-0.25, -0.2) is 4.79 Å². The summed E-state index contributed by atoms with van der Waals surface area (Å²) in [4.78, 5) is 15.5. The number of carbonyl (C=O) groups is 1. The lowest BCUT2D eigenvalue weighted by Gasteiger charge is -2.43. The van der Waals surface area contributed by atoms with E-state index in [2.05, 4.69) is 64.9 Å². The van der Waals surface area contributed by atoms with E-state index in [1.54, 1.807) is 0 Å². The van der Waals surface area contributed by atoms with Crippen molar-refractivity contribution in [2.75, 3.05) is 25.0 Å². The summed E-state index contributed by atoms with van der Waals surface area (Å²) in [6.07, 6.45) is 5.73. The molecule has 54 heavy (non-hydrogen) atoms. The Balaban J connectivity index is 1.01. The Morgan fingerprint density at radius 2 is 1.39 bits per heavy atom. The predicted molar refractivity (Wildman–Crippen MR) is 213 cm³/mol. The summed E-state index contributed by atoms with van der Waals surface area (Å²) in [7, 11) is 0. The van der Waals surface area contributed by atoms with E-state index in [1.165, 1.54) is 32.1 Å². The smallest absolute Gasteiger partial charge is 0.319 e. The SMILES string of the molecule is CC1C(CN2CCCCCCC2)OC(c2ccc(-c3ccccc3CNC(=O)Nc3ccc(Oc4ccccc4)cc3)cc2)OC1c1ccc(CO)cc1. The number of nitrogens with one attached hydrogen (secondary N) is 2. The molecule has 2 saturated heterocycles. The maximum Gasteiger partial charge on any atom is 0.319 e. The number of hydrogen-bond donors (Lipinski definition) is 3. The molecule has 2 amide bonds. The van der Waals surface area contributed by atoms with Crippen LogP contribution in [-0.4, -0.2) is 41.8 Å². The fraction of sp³-hybridized carbons (Fsp3) is 0.326. The fourth-order valence-corrected chi connectivity index (χ4v) is 7.44. The number of aliphatic hydroxyl groups excluding tert-OH is 1. The molecule has 0 saturated carbocycles. The lowest BCUT2D eigenvalue weighted by atomic mass is 9.89. The van der Waals surface area contributed by atoms with Crippen molar-refractivity contribution in [1.82, 2.24) is 10.2 Å². The second-order valence-electron chi connectivity index (χ2n) is 14.4. The van der Waals surface area contributed by atoms with Crippen LogP contribution in [0.5, 0.6) is 11.5 Å². The van der Waals surface area contributed by atoms with Crippen molar-refractivity contribution < 1.29 is 24.1 Å². The van der Waals surface area contributed by atoms with Crippen molar-refractivity contribution in [1.29, 1.82) is 0 Å². The number of amides is 2. The molecule has 5 aromatic carbocycles. The zero-order chi connectivity index (χ0) is 37.1. The Morgan fingerprint density at radius 1 is 0.741 bits per heavy atom. The zero-order valence-electron chi connectivity index (χ0n) is 31.0. The monoisotopic (exact) mass is 725 g/mol. The van der Waals surface area contributed by atoms with E-state index in [-0.39, 0.29) is 30.8 Å². The number of hydrogen-bond acceptors (Lipinski definition) is 6. The van der Waals surface area contributed by atoms with Crippen LogP contribution < -0.4 is 15.4 Å². The molecule has 0 radical (unpaired) electrons. The van der Waals surface area contributed by atoms with Crippen LogP contribution in [-0.2, 0) is 22.6 Å². The van der Waals surface area contributed by atoms with E-state index in [4.69, 9.17) is 14.2 Å². The molecule has 5 aromatic rings. The highest BCUT2D eigenvalue weighted by Gasteiger charge is 2.39. The van der Waals surface area contributed by atoms with Gasteiger partial charge >= 0.3 is 6.03 Å². The maximum atomic E-state index is 12.9. The average molecular weight is 726 g/mol. The first-order valence-electron chi connectivity index (χ1n) is 19.3. The third kappa shape index (κ3) is 9.75. The molecule has 2 aliphatic rings. The van der Waals surface area contributed by atoms with Gasteiger partial charge in [0, 0.05) is 30.3 Å². The molecule has 4 unspecified atom stereocenters. The van der Waals surface area contributed by atoms with Crippen molar-refractivity contribution in [2.24, 2.45) is 5.92 Å². The molecule has 0 aromatic heterocycles. The lowest BCUT2D eigenvalue weighted by molar-refractivity contribution is -0.276. The molecule has 2 aliphatic heterocycles. The Hall–Kier alpha value is -4.99. The Kier molecular flexibility index (Phi) is 12.7. The minimum absolute atomic E-state index is 0.00359. The quantitative estimate of drug-likeness (QED) is 0.126. The summed E-state index contributed by atoms with van der Waals surface area (Å²) in [6.45, 7) is 5.71. The number of nitrogens with zero attached hydrogens (tertiary/aromatic N) is 1. The van der Waals surface area contributed by atoms with Gasteiger partial charge in [0.2, 0.25) is 0 Å². The van der Waals surface area contributed by atoms with Crippen LogP contribution >= 0.6 is 0 Å². The highest BCUT2D eigenvalue weighted by atomic mass is 16.7. The Bertz CT molecular complexity index is 1910. The second kappa shape index (κ2) is 18.4. The highest BCUT2D eigenvalue weighted by Crippen LogP contribution is 2.42. The van der Waals surface area contributed by atoms with Crippen molar-refractivity contribution in [2.45, 2.75) is 70.7 Å². The molecule has 4 atom stereocenters. The molecule has 0 spiro atoms. The van der Waals surface area contributed by atoms with Gasteiger partial charge in [0.05, 0.1) is 18.8 Å². The minimum Gasteiger partial charge on any atom is -0.457 e. The van der Waals surface area contributed by atoms with Crippen molar-refractivity contribution in [3.8, 4) is 22.6 Å². The molecule has 8 nitrogen and oxygen atoms in total.